The van der Waals surface area contributed by atoms with Gasteiger partial charge in [0.25, 0.3) is 0 Å². The number of hydrogen-bond donors (Lipinski definition) is 1. The van der Waals surface area contributed by atoms with E-state index in [1.54, 1.807) is 0 Å². The SMILES string of the molecule is Cc1ccc(CN2CCN(C3C4CC5CC(C4)CC3C5)C[C@@H]2CCO)o1. The van der Waals surface area contributed by atoms with Crippen LogP contribution < -0.4 is 0 Å². The maximum atomic E-state index is 9.64. The molecule has 4 aliphatic carbocycles. The van der Waals surface area contributed by atoms with Crippen molar-refractivity contribution >= 4 is 0 Å². The van der Waals surface area contributed by atoms with Crippen molar-refractivity contribution in [1.29, 1.82) is 0 Å². The Kier molecular flexibility index (Phi) is 4.62. The average Bonchev–Trinajstić information content (AvgIpc) is 3.01. The molecule has 5 aliphatic rings. The molecule has 0 spiro atoms. The van der Waals surface area contributed by atoms with Gasteiger partial charge < -0.3 is 9.52 Å². The fraction of sp³-hybridized carbons (Fsp3) is 0.818. The van der Waals surface area contributed by atoms with Gasteiger partial charge in [-0.2, -0.15) is 0 Å². The Morgan fingerprint density at radius 2 is 1.77 bits per heavy atom. The summed E-state index contributed by atoms with van der Waals surface area (Å²) in [7, 11) is 0. The van der Waals surface area contributed by atoms with E-state index < -0.39 is 0 Å². The quantitative estimate of drug-likeness (QED) is 0.877. The standard InChI is InChI=1S/C22H34N2O2/c1-15-2-3-21(26-15)14-23-5-6-24(13-20(23)4-7-25)22-18-9-16-8-17(11-18)12-19(22)10-16/h2-3,16-20,22,25H,4-14H2,1H3/t16?,17?,18?,19?,20-,22?/m0/s1. The van der Waals surface area contributed by atoms with Crippen LogP contribution in [0.1, 0.15) is 50.0 Å². The molecule has 1 aliphatic heterocycles. The minimum absolute atomic E-state index is 0.286. The van der Waals surface area contributed by atoms with E-state index in [9.17, 15) is 5.11 Å². The molecule has 2 heterocycles. The molecule has 4 heteroatoms. The molecule has 1 aromatic rings. The molecule has 0 unspecified atom stereocenters. The molecule has 4 nitrogen and oxygen atoms in total. The number of aliphatic hydroxyl groups excluding tert-OH is 1. The van der Waals surface area contributed by atoms with Gasteiger partial charge in [0, 0.05) is 38.3 Å². The van der Waals surface area contributed by atoms with Crippen molar-refractivity contribution in [1.82, 2.24) is 9.80 Å². The van der Waals surface area contributed by atoms with Gasteiger partial charge in [-0.05, 0) is 81.3 Å². The molecule has 0 aromatic carbocycles. The van der Waals surface area contributed by atoms with Crippen molar-refractivity contribution in [2.45, 2.75) is 64.1 Å². The smallest absolute Gasteiger partial charge is 0.118 e. The van der Waals surface area contributed by atoms with Crippen molar-refractivity contribution in [3.05, 3.63) is 23.7 Å². The van der Waals surface area contributed by atoms with E-state index in [4.69, 9.17) is 4.42 Å². The van der Waals surface area contributed by atoms with E-state index in [-0.39, 0.29) is 6.61 Å². The highest BCUT2D eigenvalue weighted by atomic mass is 16.3. The van der Waals surface area contributed by atoms with Gasteiger partial charge in [0.05, 0.1) is 6.54 Å². The van der Waals surface area contributed by atoms with Gasteiger partial charge in [0.15, 0.2) is 0 Å². The number of hydrogen-bond acceptors (Lipinski definition) is 4. The lowest BCUT2D eigenvalue weighted by Gasteiger charge is -2.59. The van der Waals surface area contributed by atoms with Crippen molar-refractivity contribution in [2.24, 2.45) is 23.7 Å². The third-order valence-electron chi connectivity index (χ3n) is 7.85. The van der Waals surface area contributed by atoms with Crippen LogP contribution in [-0.2, 0) is 6.54 Å². The van der Waals surface area contributed by atoms with Gasteiger partial charge in [-0.3, -0.25) is 9.80 Å². The molecular formula is C22H34N2O2. The number of piperazine rings is 1. The number of aliphatic hydroxyl groups is 1. The summed E-state index contributed by atoms with van der Waals surface area (Å²) in [6.07, 6.45) is 8.39. The second kappa shape index (κ2) is 6.96. The summed E-state index contributed by atoms with van der Waals surface area (Å²) in [6.45, 7) is 6.61. The minimum Gasteiger partial charge on any atom is -0.465 e. The Hall–Kier alpha value is -0.840. The third kappa shape index (κ3) is 3.14. The van der Waals surface area contributed by atoms with Gasteiger partial charge in [-0.25, -0.2) is 0 Å². The van der Waals surface area contributed by atoms with Gasteiger partial charge in [-0.1, -0.05) is 0 Å². The zero-order valence-electron chi connectivity index (χ0n) is 16.1. The van der Waals surface area contributed by atoms with Crippen molar-refractivity contribution in [2.75, 3.05) is 26.2 Å². The summed E-state index contributed by atoms with van der Waals surface area (Å²) < 4.78 is 5.82. The Morgan fingerprint density at radius 3 is 2.38 bits per heavy atom. The predicted molar refractivity (Wildman–Crippen MR) is 102 cm³/mol. The van der Waals surface area contributed by atoms with Crippen molar-refractivity contribution in [3.8, 4) is 0 Å². The molecule has 5 fully saturated rings. The molecule has 6 rings (SSSR count). The summed E-state index contributed by atoms with van der Waals surface area (Å²) in [4.78, 5) is 5.37. The predicted octanol–water partition coefficient (Wildman–Crippen LogP) is 3.28. The first-order chi connectivity index (χ1) is 12.7. The molecular weight excluding hydrogens is 324 g/mol. The second-order valence-electron chi connectivity index (χ2n) is 9.57. The van der Waals surface area contributed by atoms with Crippen LogP contribution in [0.3, 0.4) is 0 Å². The van der Waals surface area contributed by atoms with Crippen LogP contribution in [0.2, 0.25) is 0 Å². The zero-order chi connectivity index (χ0) is 17.7. The highest BCUT2D eigenvalue weighted by molar-refractivity contribution is 5.07. The lowest BCUT2D eigenvalue weighted by molar-refractivity contribution is -0.0881. The number of furan rings is 1. The summed E-state index contributed by atoms with van der Waals surface area (Å²) in [5.41, 5.74) is 0. The van der Waals surface area contributed by atoms with Crippen molar-refractivity contribution < 1.29 is 9.52 Å². The fourth-order valence-electron chi connectivity index (χ4n) is 7.08. The maximum Gasteiger partial charge on any atom is 0.118 e. The number of rotatable bonds is 5. The summed E-state index contributed by atoms with van der Waals surface area (Å²) in [6, 6.07) is 5.45. The number of aryl methyl sites for hydroxylation is 1. The Balaban J connectivity index is 1.28. The zero-order valence-corrected chi connectivity index (χ0v) is 16.1. The largest absolute Gasteiger partial charge is 0.465 e. The lowest BCUT2D eigenvalue weighted by atomic mass is 9.53. The normalized spacial score (nSPS) is 40.4. The van der Waals surface area contributed by atoms with Gasteiger partial charge in [0.2, 0.25) is 0 Å². The molecule has 144 valence electrons. The van der Waals surface area contributed by atoms with E-state index in [0.717, 1.165) is 67.3 Å². The van der Waals surface area contributed by atoms with E-state index in [1.807, 2.05) is 6.92 Å². The topological polar surface area (TPSA) is 39.9 Å². The summed E-state index contributed by atoms with van der Waals surface area (Å²) in [5, 5.41) is 9.64. The van der Waals surface area contributed by atoms with Crippen LogP contribution in [0.15, 0.2) is 16.5 Å². The molecule has 1 atom stereocenters. The third-order valence-corrected chi connectivity index (χ3v) is 7.85. The van der Waals surface area contributed by atoms with Crippen molar-refractivity contribution in [3.63, 3.8) is 0 Å². The molecule has 4 bridgehead atoms. The van der Waals surface area contributed by atoms with Crippen LogP contribution in [0, 0.1) is 30.6 Å². The number of nitrogens with zero attached hydrogens (tertiary/aromatic N) is 2. The second-order valence-corrected chi connectivity index (χ2v) is 9.57. The Labute approximate surface area is 157 Å². The highest BCUT2D eigenvalue weighted by Crippen LogP contribution is 2.55. The highest BCUT2D eigenvalue weighted by Gasteiger charge is 2.50. The monoisotopic (exact) mass is 358 g/mol. The molecule has 1 N–H and O–H groups in total. The van der Waals surface area contributed by atoms with Crippen LogP contribution in [0.4, 0.5) is 0 Å². The van der Waals surface area contributed by atoms with Crippen LogP contribution in [0.5, 0.6) is 0 Å². The van der Waals surface area contributed by atoms with Gasteiger partial charge in [0.1, 0.15) is 11.5 Å². The maximum absolute atomic E-state index is 9.64. The first-order valence-corrected chi connectivity index (χ1v) is 10.8. The van der Waals surface area contributed by atoms with Crippen LogP contribution >= 0.6 is 0 Å². The Morgan fingerprint density at radius 1 is 1.04 bits per heavy atom. The molecule has 26 heavy (non-hydrogen) atoms. The molecule has 4 saturated carbocycles. The lowest BCUT2D eigenvalue weighted by Crippen LogP contribution is -2.62. The van der Waals surface area contributed by atoms with Gasteiger partial charge in [-0.15, -0.1) is 0 Å². The molecule has 0 radical (unpaired) electrons. The van der Waals surface area contributed by atoms with Crippen LogP contribution in [-0.4, -0.2) is 53.2 Å². The minimum atomic E-state index is 0.286. The fourth-order valence-corrected chi connectivity index (χ4v) is 7.08. The van der Waals surface area contributed by atoms with E-state index >= 15 is 0 Å². The first kappa shape index (κ1) is 17.3. The molecule has 1 saturated heterocycles. The van der Waals surface area contributed by atoms with E-state index in [2.05, 4.69) is 21.9 Å². The summed E-state index contributed by atoms with van der Waals surface area (Å²) >= 11 is 0. The van der Waals surface area contributed by atoms with E-state index in [0.29, 0.717) is 6.04 Å². The summed E-state index contributed by atoms with van der Waals surface area (Å²) in [5.74, 6) is 6.07. The van der Waals surface area contributed by atoms with Crippen LogP contribution in [0.25, 0.3) is 0 Å². The van der Waals surface area contributed by atoms with Gasteiger partial charge >= 0.3 is 0 Å². The Bertz CT molecular complexity index is 599. The first-order valence-electron chi connectivity index (χ1n) is 10.8. The molecule has 0 amide bonds. The molecule has 1 aromatic heterocycles. The average molecular weight is 359 g/mol. The van der Waals surface area contributed by atoms with E-state index in [1.165, 1.54) is 38.6 Å².